The lowest BCUT2D eigenvalue weighted by Crippen LogP contribution is -2.61. The van der Waals surface area contributed by atoms with Crippen molar-refractivity contribution in [3.63, 3.8) is 0 Å². The first-order valence-electron chi connectivity index (χ1n) is 36.8. The Balaban J connectivity index is 1.12. The molecule has 478 valence electrons. The molecule has 0 amide bonds. The van der Waals surface area contributed by atoms with Crippen molar-refractivity contribution in [3.05, 3.63) is 326 Å². The van der Waals surface area contributed by atoms with Gasteiger partial charge in [0, 0.05) is 56.1 Å². The topological polar surface area (TPSA) is 45.2 Å². The van der Waals surface area contributed by atoms with Crippen LogP contribution in [-0.4, -0.2) is 21.7 Å². The van der Waals surface area contributed by atoms with Gasteiger partial charge >= 0.3 is 0 Å². The number of hydrogen-bond donors (Lipinski definition) is 0. The van der Waals surface area contributed by atoms with Gasteiger partial charge in [0.05, 0.1) is 18.2 Å². The van der Waals surface area contributed by atoms with E-state index in [0.29, 0.717) is 23.0 Å². The fraction of sp³-hybridized carbons (Fsp3) is 0.129. The van der Waals surface area contributed by atoms with Gasteiger partial charge in [-0.25, -0.2) is 15.0 Å². The fourth-order valence-electron chi connectivity index (χ4n) is 14.4. The lowest BCUT2D eigenvalue weighted by molar-refractivity contribution is 0.569. The highest BCUT2D eigenvalue weighted by Gasteiger charge is 2.46. The van der Waals surface area contributed by atoms with E-state index in [9.17, 15) is 2.74 Å². The Bertz CT molecular complexity index is 5500. The number of nitrogens with zero attached hydrogens (tertiary/aromatic N) is 5. The Morgan fingerprint density at radius 1 is 0.273 bits per heavy atom. The van der Waals surface area contributed by atoms with Gasteiger partial charge in [-0.05, 0) is 136 Å². The van der Waals surface area contributed by atoms with Crippen LogP contribution in [-0.2, 0) is 16.2 Å². The first-order valence-corrected chi connectivity index (χ1v) is 34.3. The molecule has 2 aliphatic rings. The predicted molar refractivity (Wildman–Crippen MR) is 419 cm³/mol. The van der Waals surface area contributed by atoms with E-state index in [0.717, 1.165) is 128 Å². The van der Waals surface area contributed by atoms with E-state index in [1.807, 2.05) is 42.5 Å². The molecule has 0 atom stereocenters. The highest BCUT2D eigenvalue weighted by Crippen LogP contribution is 2.55. The molecule has 0 radical (unpaired) electrons. The van der Waals surface area contributed by atoms with Crippen molar-refractivity contribution in [2.24, 2.45) is 0 Å². The molecule has 0 bridgehead atoms. The molecule has 0 fully saturated rings. The van der Waals surface area contributed by atoms with E-state index in [4.69, 9.17) is 19.1 Å². The Morgan fingerprint density at radius 3 is 1.17 bits per heavy atom. The summed E-state index contributed by atoms with van der Waals surface area (Å²) in [5, 5.41) is 0. The molecule has 6 heteroatoms. The molecule has 0 spiro atoms. The number of hydrogen-bond acceptors (Lipinski definition) is 5. The van der Waals surface area contributed by atoms with Crippen LogP contribution in [0.25, 0.3) is 101 Å². The third-order valence-corrected chi connectivity index (χ3v) is 19.6. The van der Waals surface area contributed by atoms with Crippen molar-refractivity contribution in [2.75, 3.05) is 9.80 Å². The van der Waals surface area contributed by atoms with E-state index in [1.165, 1.54) is 11.1 Å². The number of rotatable bonds is 11. The number of benzene rings is 13. The summed E-state index contributed by atoms with van der Waals surface area (Å²) >= 11 is 0. The predicted octanol–water partition coefficient (Wildman–Crippen LogP) is 22.8. The van der Waals surface area contributed by atoms with E-state index in [-0.39, 0.29) is 33.9 Å². The highest BCUT2D eigenvalue weighted by molar-refractivity contribution is 7.00. The van der Waals surface area contributed by atoms with Crippen LogP contribution in [0.15, 0.2) is 309 Å². The average molecular weight is 1280 g/mol. The molecule has 1 aromatic heterocycles. The lowest BCUT2D eigenvalue weighted by Gasteiger charge is -2.46. The van der Waals surface area contributed by atoms with Crippen molar-refractivity contribution < 1.29 is 6.85 Å². The summed E-state index contributed by atoms with van der Waals surface area (Å²) in [5.41, 5.74) is 24.3. The SMILES string of the molecule is [2H]c1c([2H])c([2H])c(-c2ccc3c(c2)B2c4ccc(-c5cc(C(C)(C)C)cc(C(C)(C)C)c5)cc4N(c4c(-c5ccccc5)cc(C(C)(C)C)cc4-c4nc(-c5ccccc5)nc(-c5ccccc5)n4)c4cc(-c5ccccc5)cc(c42)N3c2c(-c3ccccc3)cccc2-c2ccccc2)c([2H])c1[2H]. The maximum atomic E-state index is 9.60. The summed E-state index contributed by atoms with van der Waals surface area (Å²) in [4.78, 5) is 21.7. The monoisotopic (exact) mass is 1280 g/mol. The molecule has 3 heterocycles. The third-order valence-electron chi connectivity index (χ3n) is 19.6. The molecule has 14 aromatic rings. The molecule has 13 aromatic carbocycles. The lowest BCUT2D eigenvalue weighted by atomic mass is 9.33. The molecule has 0 saturated carbocycles. The minimum Gasteiger partial charge on any atom is -0.310 e. The molecule has 16 rings (SSSR count). The van der Waals surface area contributed by atoms with Gasteiger partial charge in [0.15, 0.2) is 17.5 Å². The van der Waals surface area contributed by atoms with E-state index < -0.39 is 24.8 Å². The van der Waals surface area contributed by atoms with Crippen LogP contribution >= 0.6 is 0 Å². The molecule has 99 heavy (non-hydrogen) atoms. The summed E-state index contributed by atoms with van der Waals surface area (Å²) in [6.45, 7) is 20.0. The van der Waals surface area contributed by atoms with Crippen molar-refractivity contribution in [2.45, 2.75) is 78.6 Å². The van der Waals surface area contributed by atoms with Gasteiger partial charge in [-0.2, -0.15) is 0 Å². The second-order valence-electron chi connectivity index (χ2n) is 29.3. The first-order chi connectivity index (χ1) is 50.1. The molecule has 5 nitrogen and oxygen atoms in total. The second-order valence-corrected chi connectivity index (χ2v) is 29.3. The van der Waals surface area contributed by atoms with Crippen LogP contribution in [0.3, 0.4) is 0 Å². The smallest absolute Gasteiger partial charge is 0.252 e. The van der Waals surface area contributed by atoms with Gasteiger partial charge < -0.3 is 9.80 Å². The minimum atomic E-state index is -0.541. The zero-order valence-corrected chi connectivity index (χ0v) is 57.4. The Labute approximate surface area is 591 Å². The zero-order chi connectivity index (χ0) is 72.1. The normalized spacial score (nSPS) is 13.3. The third kappa shape index (κ3) is 11.6. The number of fused-ring (bicyclic) bond motifs is 4. The molecular weight excluding hydrogens is 1200 g/mol. The summed E-state index contributed by atoms with van der Waals surface area (Å²) in [6.07, 6.45) is 0. The maximum Gasteiger partial charge on any atom is 0.252 e. The molecule has 0 aliphatic carbocycles. The van der Waals surface area contributed by atoms with Crippen molar-refractivity contribution in [3.8, 4) is 101 Å². The number of para-hydroxylation sites is 1. The fourth-order valence-corrected chi connectivity index (χ4v) is 14.4. The average Bonchev–Trinajstić information content (AvgIpc) is 0.686. The van der Waals surface area contributed by atoms with E-state index >= 15 is 0 Å². The van der Waals surface area contributed by atoms with Crippen LogP contribution in [0.4, 0.5) is 34.1 Å². The van der Waals surface area contributed by atoms with Crippen LogP contribution in [0.5, 0.6) is 0 Å². The summed E-state index contributed by atoms with van der Waals surface area (Å²) in [7, 11) is 0. The van der Waals surface area contributed by atoms with Crippen LogP contribution in [0, 0.1) is 0 Å². The quantitative estimate of drug-likeness (QED) is 0.121. The van der Waals surface area contributed by atoms with Crippen LogP contribution < -0.4 is 26.2 Å². The van der Waals surface area contributed by atoms with E-state index in [2.05, 4.69) is 309 Å². The van der Waals surface area contributed by atoms with Crippen LogP contribution in [0.1, 0.15) is 85.9 Å². The van der Waals surface area contributed by atoms with Gasteiger partial charge in [0.2, 0.25) is 0 Å². The second kappa shape index (κ2) is 24.9. The summed E-state index contributed by atoms with van der Waals surface area (Å²) < 4.78 is 46.2. The van der Waals surface area contributed by atoms with Crippen molar-refractivity contribution >= 4 is 57.2 Å². The van der Waals surface area contributed by atoms with Crippen molar-refractivity contribution in [1.82, 2.24) is 15.0 Å². The van der Waals surface area contributed by atoms with Gasteiger partial charge in [-0.3, -0.25) is 0 Å². The summed E-state index contributed by atoms with van der Waals surface area (Å²) in [6, 6.07) is 97.6. The van der Waals surface area contributed by atoms with Gasteiger partial charge in [0.25, 0.3) is 6.71 Å². The van der Waals surface area contributed by atoms with Gasteiger partial charge in [0.1, 0.15) is 0 Å². The van der Waals surface area contributed by atoms with Crippen molar-refractivity contribution in [1.29, 1.82) is 0 Å². The van der Waals surface area contributed by atoms with Gasteiger partial charge in [-0.1, -0.05) is 335 Å². The number of anilines is 6. The summed E-state index contributed by atoms with van der Waals surface area (Å²) in [5.74, 6) is 1.57. The Kier molecular flexibility index (Phi) is 14.2. The maximum absolute atomic E-state index is 9.60. The largest absolute Gasteiger partial charge is 0.310 e. The number of aromatic nitrogens is 3. The van der Waals surface area contributed by atoms with Gasteiger partial charge in [-0.15, -0.1) is 0 Å². The Hall–Kier alpha value is -11.5. The molecular formula is C93H78BN5. The molecule has 0 N–H and O–H groups in total. The molecule has 0 unspecified atom stereocenters. The van der Waals surface area contributed by atoms with E-state index in [1.54, 1.807) is 0 Å². The molecule has 0 saturated heterocycles. The highest BCUT2D eigenvalue weighted by atomic mass is 15.2. The molecule has 2 aliphatic heterocycles. The Morgan fingerprint density at radius 2 is 0.667 bits per heavy atom. The minimum absolute atomic E-state index is 0.130. The standard InChI is InChI=1S/C93H78BN5/c1-91(2,3)72-52-70(53-73(58-72)92(4,5)6)69-48-50-79-82(55-69)99(87-77(65-40-25-14-26-41-65)59-74(93(7,8)9)60-78(87)90-96-88(66-42-27-15-28-43-66)95-89(97-90)67-44-29-16-30-45-67)84-57-71(62-34-19-11-20-35-62)56-83-85(84)94(79)80-54-68(61-32-17-10-18-33-61)49-51-81(80)98(83)86-75(63-36-21-12-22-37-63)46-31-47-76(86)64-38-23-13-24-39-64/h10-60H,1-9H3/i10D,17D,18D,32D,33D. The van der Waals surface area contributed by atoms with Crippen LogP contribution in [0.2, 0.25) is 0 Å². The first kappa shape index (κ1) is 56.7. The zero-order valence-electron chi connectivity index (χ0n) is 62.4.